The van der Waals surface area contributed by atoms with Crippen molar-refractivity contribution < 1.29 is 4.79 Å². The number of imidazole rings is 1. The van der Waals surface area contributed by atoms with E-state index in [1.54, 1.807) is 6.07 Å². The lowest BCUT2D eigenvalue weighted by Gasteiger charge is -2.08. The Bertz CT molecular complexity index is 571. The molecule has 5 heteroatoms. The van der Waals surface area contributed by atoms with Gasteiger partial charge in [-0.3, -0.25) is 4.79 Å². The number of nitrogen functional groups attached to an aromatic ring is 1. The third-order valence-electron chi connectivity index (χ3n) is 2.67. The summed E-state index contributed by atoms with van der Waals surface area (Å²) in [4.78, 5) is 15.6. The lowest BCUT2D eigenvalue weighted by Crippen LogP contribution is -2.20. The van der Waals surface area contributed by atoms with Crippen LogP contribution < -0.4 is 11.5 Å². The molecule has 0 unspecified atom stereocenters. The maximum atomic E-state index is 11.1. The Morgan fingerprint density at radius 3 is 2.76 bits per heavy atom. The number of para-hydroxylation sites is 1. The van der Waals surface area contributed by atoms with Gasteiger partial charge in [0.1, 0.15) is 17.9 Å². The number of nitrogens with zero attached hydrogens (tertiary/aromatic N) is 2. The van der Waals surface area contributed by atoms with Crippen molar-refractivity contribution in [2.45, 2.75) is 26.3 Å². The fraction of sp³-hybridized carbons (Fsp3) is 0.333. The summed E-state index contributed by atoms with van der Waals surface area (Å²) in [5.74, 6) is 0.659. The van der Waals surface area contributed by atoms with E-state index in [1.165, 1.54) is 0 Å². The quantitative estimate of drug-likeness (QED) is 0.780. The summed E-state index contributed by atoms with van der Waals surface area (Å²) in [6.45, 7) is 4.18. The van der Waals surface area contributed by atoms with Gasteiger partial charge < -0.3 is 16.0 Å². The minimum atomic E-state index is -0.381. The third-order valence-corrected chi connectivity index (χ3v) is 2.67. The van der Waals surface area contributed by atoms with Crippen molar-refractivity contribution in [1.29, 1.82) is 0 Å². The second-order valence-electron chi connectivity index (χ2n) is 4.39. The van der Waals surface area contributed by atoms with Crippen LogP contribution in [0.5, 0.6) is 0 Å². The molecular formula is C12H16N4O. The molecule has 17 heavy (non-hydrogen) atoms. The molecule has 0 aliphatic rings. The summed E-state index contributed by atoms with van der Waals surface area (Å²) < 4.78 is 1.83. The monoisotopic (exact) mass is 232 g/mol. The molecule has 0 radical (unpaired) electrons. The number of anilines is 1. The van der Waals surface area contributed by atoms with Gasteiger partial charge >= 0.3 is 0 Å². The highest BCUT2D eigenvalue weighted by molar-refractivity contribution is 5.88. The van der Waals surface area contributed by atoms with Crippen LogP contribution in [0.1, 0.15) is 25.6 Å². The smallest absolute Gasteiger partial charge is 0.237 e. The van der Waals surface area contributed by atoms with Gasteiger partial charge in [0.05, 0.1) is 11.2 Å². The van der Waals surface area contributed by atoms with Crippen molar-refractivity contribution in [2.75, 3.05) is 5.73 Å². The topological polar surface area (TPSA) is 86.9 Å². The van der Waals surface area contributed by atoms with E-state index >= 15 is 0 Å². The summed E-state index contributed by atoms with van der Waals surface area (Å²) in [6, 6.07) is 5.54. The van der Waals surface area contributed by atoms with E-state index in [0.29, 0.717) is 5.69 Å². The highest BCUT2D eigenvalue weighted by atomic mass is 16.1. The van der Waals surface area contributed by atoms with Gasteiger partial charge in [-0.25, -0.2) is 4.98 Å². The Kier molecular flexibility index (Phi) is 2.75. The van der Waals surface area contributed by atoms with Gasteiger partial charge in [0, 0.05) is 5.92 Å². The van der Waals surface area contributed by atoms with Crippen LogP contribution in [0, 0.1) is 0 Å². The van der Waals surface area contributed by atoms with E-state index in [-0.39, 0.29) is 18.4 Å². The molecule has 1 aromatic heterocycles. The Morgan fingerprint density at radius 2 is 2.18 bits per heavy atom. The van der Waals surface area contributed by atoms with Crippen LogP contribution in [0.15, 0.2) is 18.2 Å². The van der Waals surface area contributed by atoms with E-state index in [4.69, 9.17) is 11.5 Å². The van der Waals surface area contributed by atoms with E-state index in [0.717, 1.165) is 16.9 Å². The lowest BCUT2D eigenvalue weighted by molar-refractivity contribution is -0.118. The molecule has 2 aromatic rings. The van der Waals surface area contributed by atoms with Crippen LogP contribution in [-0.2, 0) is 11.3 Å². The molecule has 90 valence electrons. The molecular weight excluding hydrogens is 216 g/mol. The standard InChI is InChI=1S/C12H16N4O/c1-7(2)12-15-11-8(13)4-3-5-9(11)16(12)6-10(14)17/h3-5,7H,6,13H2,1-2H3,(H2,14,17). The summed E-state index contributed by atoms with van der Waals surface area (Å²) in [5, 5.41) is 0. The summed E-state index contributed by atoms with van der Waals surface area (Å²) in [7, 11) is 0. The maximum Gasteiger partial charge on any atom is 0.237 e. The molecule has 0 saturated carbocycles. The highest BCUT2D eigenvalue weighted by Gasteiger charge is 2.16. The van der Waals surface area contributed by atoms with Crippen LogP contribution in [0.25, 0.3) is 11.0 Å². The number of benzene rings is 1. The molecule has 0 bridgehead atoms. The Labute approximate surface area is 99.4 Å². The Morgan fingerprint density at radius 1 is 1.47 bits per heavy atom. The van der Waals surface area contributed by atoms with Gasteiger partial charge in [0.25, 0.3) is 0 Å². The summed E-state index contributed by atoms with van der Waals surface area (Å²) >= 11 is 0. The van der Waals surface area contributed by atoms with Gasteiger partial charge in [0.2, 0.25) is 5.91 Å². The molecule has 2 rings (SSSR count). The van der Waals surface area contributed by atoms with Crippen LogP contribution in [-0.4, -0.2) is 15.5 Å². The largest absolute Gasteiger partial charge is 0.397 e. The van der Waals surface area contributed by atoms with E-state index in [1.807, 2.05) is 30.5 Å². The van der Waals surface area contributed by atoms with Crippen molar-refractivity contribution in [3.05, 3.63) is 24.0 Å². The Hall–Kier alpha value is -2.04. The average Bonchev–Trinajstić information content (AvgIpc) is 2.58. The predicted molar refractivity (Wildman–Crippen MR) is 67.4 cm³/mol. The van der Waals surface area contributed by atoms with Crippen molar-refractivity contribution >= 4 is 22.6 Å². The second-order valence-corrected chi connectivity index (χ2v) is 4.39. The minimum Gasteiger partial charge on any atom is -0.397 e. The second kappa shape index (κ2) is 4.08. The van der Waals surface area contributed by atoms with E-state index in [2.05, 4.69) is 4.98 Å². The van der Waals surface area contributed by atoms with E-state index in [9.17, 15) is 4.79 Å². The zero-order valence-electron chi connectivity index (χ0n) is 9.97. The van der Waals surface area contributed by atoms with Crippen LogP contribution >= 0.6 is 0 Å². The van der Waals surface area contributed by atoms with Crippen molar-refractivity contribution in [3.63, 3.8) is 0 Å². The highest BCUT2D eigenvalue weighted by Crippen LogP contribution is 2.25. The molecule has 0 spiro atoms. The van der Waals surface area contributed by atoms with Gasteiger partial charge in [-0.2, -0.15) is 0 Å². The minimum absolute atomic E-state index is 0.132. The molecule has 0 fully saturated rings. The number of aromatic nitrogens is 2. The number of hydrogen-bond donors (Lipinski definition) is 2. The van der Waals surface area contributed by atoms with Gasteiger partial charge in [-0.15, -0.1) is 0 Å². The molecule has 0 saturated heterocycles. The SMILES string of the molecule is CC(C)c1nc2c(N)cccc2n1CC(N)=O. The fourth-order valence-corrected chi connectivity index (χ4v) is 1.95. The third kappa shape index (κ3) is 1.95. The van der Waals surface area contributed by atoms with Gasteiger partial charge in [-0.05, 0) is 12.1 Å². The number of nitrogens with two attached hydrogens (primary N) is 2. The number of amides is 1. The van der Waals surface area contributed by atoms with Crippen molar-refractivity contribution in [1.82, 2.24) is 9.55 Å². The first-order valence-electron chi connectivity index (χ1n) is 5.53. The van der Waals surface area contributed by atoms with Crippen LogP contribution in [0.4, 0.5) is 5.69 Å². The summed E-state index contributed by atoms with van der Waals surface area (Å²) in [6.07, 6.45) is 0. The van der Waals surface area contributed by atoms with Gasteiger partial charge in [0.15, 0.2) is 0 Å². The number of carbonyl (C=O) groups excluding carboxylic acids is 1. The van der Waals surface area contributed by atoms with Crippen molar-refractivity contribution in [2.24, 2.45) is 5.73 Å². The fourth-order valence-electron chi connectivity index (χ4n) is 1.95. The predicted octanol–water partition coefficient (Wildman–Crippen LogP) is 1.23. The molecule has 4 N–H and O–H groups in total. The average molecular weight is 232 g/mol. The number of fused-ring (bicyclic) bond motifs is 1. The summed E-state index contributed by atoms with van der Waals surface area (Å²) in [5.41, 5.74) is 13.3. The molecule has 1 amide bonds. The molecule has 0 atom stereocenters. The first-order valence-corrected chi connectivity index (χ1v) is 5.53. The van der Waals surface area contributed by atoms with E-state index < -0.39 is 0 Å². The number of carbonyl (C=O) groups is 1. The van der Waals surface area contributed by atoms with Crippen LogP contribution in [0.2, 0.25) is 0 Å². The van der Waals surface area contributed by atoms with Crippen LogP contribution in [0.3, 0.4) is 0 Å². The number of hydrogen-bond acceptors (Lipinski definition) is 3. The number of rotatable bonds is 3. The normalized spacial score (nSPS) is 11.2. The van der Waals surface area contributed by atoms with Crippen molar-refractivity contribution in [3.8, 4) is 0 Å². The van der Waals surface area contributed by atoms with Gasteiger partial charge in [-0.1, -0.05) is 19.9 Å². The lowest BCUT2D eigenvalue weighted by atomic mass is 10.2. The Balaban J connectivity index is 2.71. The molecule has 1 aromatic carbocycles. The molecule has 1 heterocycles. The zero-order chi connectivity index (χ0) is 12.6. The number of primary amides is 1. The first-order chi connectivity index (χ1) is 8.00. The molecule has 5 nitrogen and oxygen atoms in total. The molecule has 0 aliphatic heterocycles. The molecule has 0 aliphatic carbocycles. The zero-order valence-corrected chi connectivity index (χ0v) is 9.97. The maximum absolute atomic E-state index is 11.1. The first kappa shape index (κ1) is 11.4.